The first kappa shape index (κ1) is 9.74. The molecule has 0 unspecified atom stereocenters. The highest BCUT2D eigenvalue weighted by atomic mass is 16.3. The lowest BCUT2D eigenvalue weighted by Crippen LogP contribution is -2.02. The Balaban J connectivity index is 2.55. The Morgan fingerprint density at radius 3 is 2.53 bits per heavy atom. The zero-order chi connectivity index (χ0) is 11.1. The smallest absolute Gasteiger partial charge is 0.235 e. The van der Waals surface area contributed by atoms with Gasteiger partial charge < -0.3 is 10.2 Å². The summed E-state index contributed by atoms with van der Waals surface area (Å²) in [6.07, 6.45) is 2.93. The van der Waals surface area contributed by atoms with Crippen molar-refractivity contribution >= 4 is 6.08 Å². The SMILES string of the molecule is Cc1ccc(C2(N=C=O)CC2)c(O)c1O. The molecule has 1 aliphatic carbocycles. The zero-order valence-corrected chi connectivity index (χ0v) is 8.32. The Labute approximate surface area is 86.9 Å². The molecule has 15 heavy (non-hydrogen) atoms. The van der Waals surface area contributed by atoms with Gasteiger partial charge in [-0.3, -0.25) is 0 Å². The number of aryl methyl sites for hydroxylation is 1. The highest BCUT2D eigenvalue weighted by molar-refractivity contribution is 5.55. The largest absolute Gasteiger partial charge is 0.504 e. The van der Waals surface area contributed by atoms with Crippen LogP contribution in [0.4, 0.5) is 0 Å². The van der Waals surface area contributed by atoms with Crippen molar-refractivity contribution in [3.8, 4) is 11.5 Å². The molecule has 4 heteroatoms. The fraction of sp³-hybridized carbons (Fsp3) is 0.364. The molecule has 1 fully saturated rings. The van der Waals surface area contributed by atoms with Crippen molar-refractivity contribution < 1.29 is 15.0 Å². The van der Waals surface area contributed by atoms with E-state index in [1.807, 2.05) is 0 Å². The number of aliphatic imine (C=N–C) groups is 1. The van der Waals surface area contributed by atoms with Crippen molar-refractivity contribution in [1.29, 1.82) is 0 Å². The molecule has 2 rings (SSSR count). The number of benzene rings is 1. The lowest BCUT2D eigenvalue weighted by Gasteiger charge is -2.12. The van der Waals surface area contributed by atoms with Gasteiger partial charge in [-0.15, -0.1) is 0 Å². The number of phenols is 2. The van der Waals surface area contributed by atoms with Gasteiger partial charge in [-0.25, -0.2) is 4.79 Å². The summed E-state index contributed by atoms with van der Waals surface area (Å²) in [4.78, 5) is 14.0. The number of rotatable bonds is 2. The molecule has 0 aromatic heterocycles. The molecule has 1 aromatic rings. The maximum absolute atomic E-state index is 10.3. The summed E-state index contributed by atoms with van der Waals surface area (Å²) in [6, 6.07) is 3.39. The normalized spacial score (nSPS) is 16.9. The summed E-state index contributed by atoms with van der Waals surface area (Å²) in [5.74, 6) is -0.314. The van der Waals surface area contributed by atoms with Crippen molar-refractivity contribution in [2.75, 3.05) is 0 Å². The summed E-state index contributed by atoms with van der Waals surface area (Å²) in [6.45, 7) is 1.70. The molecule has 0 bridgehead atoms. The minimum Gasteiger partial charge on any atom is -0.504 e. The van der Waals surface area contributed by atoms with Crippen LogP contribution < -0.4 is 0 Å². The van der Waals surface area contributed by atoms with Gasteiger partial charge in [0.15, 0.2) is 11.5 Å². The average molecular weight is 205 g/mol. The fourth-order valence-corrected chi connectivity index (χ4v) is 1.70. The number of hydrogen-bond donors (Lipinski definition) is 2. The summed E-state index contributed by atoms with van der Waals surface area (Å²) in [7, 11) is 0. The standard InChI is InChI=1S/C11H11NO3/c1-7-2-3-8(10(15)9(7)14)11(4-5-11)12-6-13/h2-3,14-15H,4-5H2,1H3. The molecular formula is C11H11NO3. The fourth-order valence-electron chi connectivity index (χ4n) is 1.70. The second kappa shape index (κ2) is 3.11. The summed E-state index contributed by atoms with van der Waals surface area (Å²) < 4.78 is 0. The van der Waals surface area contributed by atoms with E-state index in [9.17, 15) is 15.0 Å². The molecule has 0 heterocycles. The number of nitrogens with zero attached hydrogens (tertiary/aromatic N) is 1. The molecule has 0 saturated heterocycles. The van der Waals surface area contributed by atoms with Gasteiger partial charge in [0.1, 0.15) is 5.54 Å². The number of aromatic hydroxyl groups is 2. The molecule has 0 radical (unpaired) electrons. The molecule has 1 aromatic carbocycles. The summed E-state index contributed by atoms with van der Waals surface area (Å²) in [5.41, 5.74) is 0.466. The number of carbonyl (C=O) groups excluding carboxylic acids is 1. The number of phenolic OH excluding ortho intramolecular Hbond substituents is 2. The topological polar surface area (TPSA) is 69.9 Å². The Hall–Kier alpha value is -1.80. The lowest BCUT2D eigenvalue weighted by atomic mass is 10.0. The molecule has 1 saturated carbocycles. The van der Waals surface area contributed by atoms with Crippen LogP contribution in [0.25, 0.3) is 0 Å². The van der Waals surface area contributed by atoms with Crippen LogP contribution in [0.2, 0.25) is 0 Å². The summed E-state index contributed by atoms with van der Waals surface area (Å²) in [5, 5.41) is 19.3. The van der Waals surface area contributed by atoms with Crippen molar-refractivity contribution in [2.24, 2.45) is 4.99 Å². The molecule has 78 valence electrons. The van der Waals surface area contributed by atoms with E-state index in [0.717, 1.165) is 0 Å². The van der Waals surface area contributed by atoms with Crippen LogP contribution in [0.1, 0.15) is 24.0 Å². The van der Waals surface area contributed by atoms with Crippen LogP contribution in [0.15, 0.2) is 17.1 Å². The third-order valence-corrected chi connectivity index (χ3v) is 2.84. The van der Waals surface area contributed by atoms with Gasteiger partial charge in [0.25, 0.3) is 0 Å². The van der Waals surface area contributed by atoms with Crippen LogP contribution in [0.3, 0.4) is 0 Å². The van der Waals surface area contributed by atoms with E-state index in [1.165, 1.54) is 6.08 Å². The number of isocyanates is 1. The second-order valence-corrected chi connectivity index (χ2v) is 3.86. The van der Waals surface area contributed by atoms with Gasteiger partial charge in [0, 0.05) is 5.56 Å². The van der Waals surface area contributed by atoms with Crippen LogP contribution in [-0.2, 0) is 10.3 Å². The van der Waals surface area contributed by atoms with E-state index in [4.69, 9.17) is 0 Å². The Kier molecular flexibility index (Phi) is 2.02. The van der Waals surface area contributed by atoms with E-state index < -0.39 is 5.54 Å². The van der Waals surface area contributed by atoms with Gasteiger partial charge in [0.2, 0.25) is 6.08 Å². The van der Waals surface area contributed by atoms with E-state index in [0.29, 0.717) is 24.0 Å². The van der Waals surface area contributed by atoms with Crippen molar-refractivity contribution in [2.45, 2.75) is 25.3 Å². The van der Waals surface area contributed by atoms with Gasteiger partial charge in [-0.2, -0.15) is 4.99 Å². The molecule has 0 amide bonds. The molecule has 4 nitrogen and oxygen atoms in total. The quantitative estimate of drug-likeness (QED) is 0.439. The van der Waals surface area contributed by atoms with Crippen molar-refractivity contribution in [3.63, 3.8) is 0 Å². The molecular weight excluding hydrogens is 194 g/mol. The maximum atomic E-state index is 10.3. The van der Waals surface area contributed by atoms with Crippen LogP contribution in [0.5, 0.6) is 11.5 Å². The molecule has 2 N–H and O–H groups in total. The third-order valence-electron chi connectivity index (χ3n) is 2.84. The van der Waals surface area contributed by atoms with Crippen LogP contribution in [-0.4, -0.2) is 16.3 Å². The monoisotopic (exact) mass is 205 g/mol. The first-order valence-electron chi connectivity index (χ1n) is 4.72. The van der Waals surface area contributed by atoms with Crippen LogP contribution in [0, 0.1) is 6.92 Å². The van der Waals surface area contributed by atoms with Crippen molar-refractivity contribution in [3.05, 3.63) is 23.3 Å². The molecule has 1 aliphatic rings. The zero-order valence-electron chi connectivity index (χ0n) is 8.32. The highest BCUT2D eigenvalue weighted by Crippen LogP contribution is 2.54. The predicted octanol–water partition coefficient (Wildman–Crippen LogP) is 1.73. The Morgan fingerprint density at radius 1 is 1.33 bits per heavy atom. The minimum absolute atomic E-state index is 0.139. The summed E-state index contributed by atoms with van der Waals surface area (Å²) >= 11 is 0. The minimum atomic E-state index is -0.642. The van der Waals surface area contributed by atoms with Crippen molar-refractivity contribution in [1.82, 2.24) is 0 Å². The van der Waals surface area contributed by atoms with Gasteiger partial charge in [-0.05, 0) is 25.3 Å². The molecule has 0 atom stereocenters. The Bertz CT molecular complexity index is 457. The van der Waals surface area contributed by atoms with E-state index in [2.05, 4.69) is 4.99 Å². The van der Waals surface area contributed by atoms with E-state index in [1.54, 1.807) is 19.1 Å². The van der Waals surface area contributed by atoms with Crippen LogP contribution >= 0.6 is 0 Å². The average Bonchev–Trinajstić information content (AvgIpc) is 2.96. The second-order valence-electron chi connectivity index (χ2n) is 3.86. The lowest BCUT2D eigenvalue weighted by molar-refractivity contribution is 0.392. The molecule has 0 aliphatic heterocycles. The van der Waals surface area contributed by atoms with E-state index >= 15 is 0 Å². The van der Waals surface area contributed by atoms with Gasteiger partial charge in [-0.1, -0.05) is 12.1 Å². The van der Waals surface area contributed by atoms with Gasteiger partial charge in [0.05, 0.1) is 0 Å². The maximum Gasteiger partial charge on any atom is 0.235 e. The Morgan fingerprint density at radius 2 is 2.00 bits per heavy atom. The van der Waals surface area contributed by atoms with E-state index in [-0.39, 0.29) is 11.5 Å². The molecule has 0 spiro atoms. The first-order chi connectivity index (χ1) is 7.10. The third kappa shape index (κ3) is 1.39. The highest BCUT2D eigenvalue weighted by Gasteiger charge is 2.47. The van der Waals surface area contributed by atoms with Gasteiger partial charge >= 0.3 is 0 Å². The number of hydrogen-bond acceptors (Lipinski definition) is 4. The predicted molar refractivity (Wildman–Crippen MR) is 53.5 cm³/mol. The first-order valence-corrected chi connectivity index (χ1v) is 4.72.